The fourth-order valence-corrected chi connectivity index (χ4v) is 5.84. The van der Waals surface area contributed by atoms with Gasteiger partial charge in [0.25, 0.3) is 0 Å². The minimum Gasteiger partial charge on any atom is -0.424 e. The third-order valence-corrected chi connectivity index (χ3v) is 7.36. The number of esters is 1. The van der Waals surface area contributed by atoms with Gasteiger partial charge in [0, 0.05) is 18.1 Å². The van der Waals surface area contributed by atoms with Gasteiger partial charge in [0.15, 0.2) is 11.5 Å². The van der Waals surface area contributed by atoms with Gasteiger partial charge in [-0.15, -0.1) is 0 Å². The van der Waals surface area contributed by atoms with Crippen molar-refractivity contribution in [2.45, 2.75) is 25.9 Å². The van der Waals surface area contributed by atoms with Gasteiger partial charge in [-0.1, -0.05) is 72.3 Å². The van der Waals surface area contributed by atoms with Gasteiger partial charge in [-0.2, -0.15) is 0 Å². The van der Waals surface area contributed by atoms with Gasteiger partial charge in [-0.05, 0) is 25.1 Å². The number of ketones is 1. The minimum atomic E-state index is -0.954. The summed E-state index contributed by atoms with van der Waals surface area (Å²) in [4.78, 5) is 56.9. The maximum atomic E-state index is 14.1. The number of carbonyl (C=O) groups is 4. The minimum absolute atomic E-state index is 0.260. The van der Waals surface area contributed by atoms with Crippen LogP contribution >= 0.6 is 0 Å². The van der Waals surface area contributed by atoms with E-state index in [0.29, 0.717) is 22.7 Å². The van der Waals surface area contributed by atoms with Crippen molar-refractivity contribution >= 4 is 41.0 Å². The maximum absolute atomic E-state index is 14.1. The van der Waals surface area contributed by atoms with Crippen LogP contribution in [0.15, 0.2) is 78.9 Å². The second-order valence-corrected chi connectivity index (χ2v) is 9.62. The highest BCUT2D eigenvalue weighted by Gasteiger charge is 2.64. The zero-order valence-corrected chi connectivity index (χ0v) is 20.3. The summed E-state index contributed by atoms with van der Waals surface area (Å²) in [5.41, 5.74) is 3.24. The van der Waals surface area contributed by atoms with Crippen LogP contribution in [0.3, 0.4) is 0 Å². The van der Waals surface area contributed by atoms with E-state index >= 15 is 0 Å². The summed E-state index contributed by atoms with van der Waals surface area (Å²) in [6.45, 7) is 3.25. The van der Waals surface area contributed by atoms with Crippen LogP contribution in [0.4, 0.5) is 11.4 Å². The Hall–Kier alpha value is -4.52. The van der Waals surface area contributed by atoms with Gasteiger partial charge >= 0.3 is 5.97 Å². The molecule has 3 heterocycles. The molecular weight excluding hydrogens is 468 g/mol. The van der Waals surface area contributed by atoms with Gasteiger partial charge in [-0.25, -0.2) is 4.90 Å². The summed E-state index contributed by atoms with van der Waals surface area (Å²) in [5, 5.41) is 0. The number of aryl methyl sites for hydroxylation is 1. The van der Waals surface area contributed by atoms with E-state index in [1.807, 2.05) is 48.2 Å². The molecule has 3 aliphatic heterocycles. The van der Waals surface area contributed by atoms with Crippen LogP contribution in [0.25, 0.3) is 6.08 Å². The van der Waals surface area contributed by atoms with Crippen LogP contribution in [0, 0.1) is 18.8 Å². The van der Waals surface area contributed by atoms with E-state index in [9.17, 15) is 19.2 Å². The molecule has 3 aromatic carbocycles. The molecule has 184 valence electrons. The van der Waals surface area contributed by atoms with Gasteiger partial charge < -0.3 is 9.64 Å². The van der Waals surface area contributed by atoms with Crippen molar-refractivity contribution < 1.29 is 23.9 Å². The molecule has 0 aromatic heterocycles. The van der Waals surface area contributed by atoms with Gasteiger partial charge in [0.2, 0.25) is 11.8 Å². The molecule has 4 atom stereocenters. The molecule has 7 heteroatoms. The van der Waals surface area contributed by atoms with E-state index in [1.54, 1.807) is 48.5 Å². The quantitative estimate of drug-likeness (QED) is 0.235. The lowest BCUT2D eigenvalue weighted by atomic mass is 9.86. The molecule has 2 fully saturated rings. The standard InChI is InChI=1S/C30H24N2O5/c1-17-11-14-21(15-12-17)31-29(35)24-22-16-13-19-9-6-10-23(37-18(2)33)26(19)32(22)27(25(24)30(31)36)28(34)20-7-4-3-5-8-20/h3-16,22,24-25,27H,1-2H3/t22-,24+,25+,27+/m1/s1. The fraction of sp³-hybridized carbons (Fsp3) is 0.200. The molecule has 0 radical (unpaired) electrons. The summed E-state index contributed by atoms with van der Waals surface area (Å²) in [5.74, 6) is -2.86. The Bertz CT molecular complexity index is 1480. The largest absolute Gasteiger partial charge is 0.424 e. The zero-order chi connectivity index (χ0) is 25.8. The number of benzene rings is 3. The molecule has 7 nitrogen and oxygen atoms in total. The number of rotatable bonds is 4. The number of ether oxygens (including phenoxy) is 1. The normalized spacial score (nSPS) is 23.5. The lowest BCUT2D eigenvalue weighted by molar-refractivity contribution is -0.132. The first kappa shape index (κ1) is 22.9. The first-order chi connectivity index (χ1) is 17.9. The van der Waals surface area contributed by atoms with Crippen molar-refractivity contribution in [3.63, 3.8) is 0 Å². The summed E-state index contributed by atoms with van der Waals surface area (Å²) in [6.07, 6.45) is 3.74. The summed E-state index contributed by atoms with van der Waals surface area (Å²) < 4.78 is 5.53. The molecule has 3 aliphatic rings. The Labute approximate surface area is 213 Å². The van der Waals surface area contributed by atoms with E-state index in [0.717, 1.165) is 11.1 Å². The highest BCUT2D eigenvalue weighted by Crippen LogP contribution is 2.52. The number of Topliss-reactive ketones (excluding diaryl/α,β-unsaturated/α-hetero) is 1. The van der Waals surface area contributed by atoms with Crippen molar-refractivity contribution in [3.05, 3.63) is 95.6 Å². The van der Waals surface area contributed by atoms with Crippen molar-refractivity contribution in [1.29, 1.82) is 0 Å². The highest BCUT2D eigenvalue weighted by molar-refractivity contribution is 6.25. The van der Waals surface area contributed by atoms with E-state index in [1.165, 1.54) is 11.8 Å². The Balaban J connectivity index is 1.52. The summed E-state index contributed by atoms with van der Waals surface area (Å²) >= 11 is 0. The summed E-state index contributed by atoms with van der Waals surface area (Å²) in [6, 6.07) is 19.8. The first-order valence-corrected chi connectivity index (χ1v) is 12.2. The van der Waals surface area contributed by atoms with Crippen molar-refractivity contribution in [2.24, 2.45) is 11.8 Å². The zero-order valence-electron chi connectivity index (χ0n) is 20.3. The Morgan fingerprint density at radius 3 is 2.24 bits per heavy atom. The van der Waals surface area contributed by atoms with Gasteiger partial charge in [-0.3, -0.25) is 19.2 Å². The number of anilines is 2. The van der Waals surface area contributed by atoms with E-state index in [2.05, 4.69) is 0 Å². The number of fused-ring (bicyclic) bond motifs is 5. The molecule has 0 N–H and O–H groups in total. The van der Waals surface area contributed by atoms with Crippen molar-refractivity contribution in [3.8, 4) is 5.75 Å². The van der Waals surface area contributed by atoms with Gasteiger partial charge in [0.05, 0.1) is 29.3 Å². The Kier molecular flexibility index (Phi) is 5.30. The smallest absolute Gasteiger partial charge is 0.308 e. The summed E-state index contributed by atoms with van der Waals surface area (Å²) in [7, 11) is 0. The van der Waals surface area contributed by atoms with Gasteiger partial charge in [0.1, 0.15) is 6.04 Å². The average Bonchev–Trinajstić information content (AvgIpc) is 3.37. The average molecular weight is 493 g/mol. The van der Waals surface area contributed by atoms with Crippen LogP contribution in [0.5, 0.6) is 5.75 Å². The molecule has 2 amide bonds. The SMILES string of the molecule is CC(=O)Oc1cccc2c1N1[C@H](C=C2)[C@@H]2C(=O)N(c3ccc(C)cc3)C(=O)[C@@H]2[C@H]1C(=O)c1ccccc1. The number of carbonyl (C=O) groups excluding carboxylic acids is 4. The molecule has 2 saturated heterocycles. The Morgan fingerprint density at radius 1 is 0.838 bits per heavy atom. The second kappa shape index (κ2) is 8.55. The third kappa shape index (κ3) is 3.49. The number of nitrogens with zero attached hydrogens (tertiary/aromatic N) is 2. The van der Waals surface area contributed by atoms with Crippen molar-refractivity contribution in [2.75, 3.05) is 9.80 Å². The van der Waals surface area contributed by atoms with E-state index in [4.69, 9.17) is 4.74 Å². The van der Waals surface area contributed by atoms with E-state index < -0.39 is 35.8 Å². The highest BCUT2D eigenvalue weighted by atomic mass is 16.5. The van der Waals surface area contributed by atoms with Crippen LogP contribution in [-0.2, 0) is 14.4 Å². The monoisotopic (exact) mass is 492 g/mol. The molecular formula is C30H24N2O5. The molecule has 0 saturated carbocycles. The lowest BCUT2D eigenvalue weighted by Gasteiger charge is -2.37. The fourth-order valence-electron chi connectivity index (χ4n) is 5.84. The van der Waals surface area contributed by atoms with Crippen LogP contribution < -0.4 is 14.5 Å². The molecule has 0 spiro atoms. The topological polar surface area (TPSA) is 84.0 Å². The Morgan fingerprint density at radius 2 is 1.54 bits per heavy atom. The number of hydrogen-bond donors (Lipinski definition) is 0. The maximum Gasteiger partial charge on any atom is 0.308 e. The molecule has 0 unspecified atom stereocenters. The molecule has 37 heavy (non-hydrogen) atoms. The number of hydrogen-bond acceptors (Lipinski definition) is 6. The number of para-hydroxylation sites is 1. The third-order valence-electron chi connectivity index (χ3n) is 7.36. The van der Waals surface area contributed by atoms with Crippen LogP contribution in [-0.4, -0.2) is 35.7 Å². The number of imide groups is 1. The van der Waals surface area contributed by atoms with Crippen LogP contribution in [0.2, 0.25) is 0 Å². The molecule has 6 rings (SSSR count). The van der Waals surface area contributed by atoms with E-state index in [-0.39, 0.29) is 11.7 Å². The molecule has 0 aliphatic carbocycles. The number of amides is 2. The predicted molar refractivity (Wildman–Crippen MR) is 138 cm³/mol. The lowest BCUT2D eigenvalue weighted by Crippen LogP contribution is -2.49. The first-order valence-electron chi connectivity index (χ1n) is 12.2. The van der Waals surface area contributed by atoms with Crippen LogP contribution in [0.1, 0.15) is 28.4 Å². The van der Waals surface area contributed by atoms with Crippen molar-refractivity contribution in [1.82, 2.24) is 0 Å². The molecule has 3 aromatic rings. The second-order valence-electron chi connectivity index (χ2n) is 9.62. The molecule has 0 bridgehead atoms. The predicted octanol–water partition coefficient (Wildman–Crippen LogP) is 4.19.